The molecule has 1 atom stereocenters. The summed E-state index contributed by atoms with van der Waals surface area (Å²) in [5.41, 5.74) is 0.199. The van der Waals surface area contributed by atoms with Crippen LogP contribution in [0.1, 0.15) is 24.8 Å². The van der Waals surface area contributed by atoms with Gasteiger partial charge in [-0.25, -0.2) is 4.39 Å². The molecule has 0 aliphatic heterocycles. The molecular weight excluding hydrogens is 171 g/mol. The number of aliphatic carboxylic acids is 1. The number of rotatable bonds is 3. The van der Waals surface area contributed by atoms with Crippen LogP contribution >= 0.6 is 0 Å². The number of benzene rings is 1. The predicted molar refractivity (Wildman–Crippen MR) is 44.4 cm³/mol. The van der Waals surface area contributed by atoms with Crippen molar-refractivity contribution in [3.63, 3.8) is 0 Å². The molecule has 0 heterocycles. The quantitative estimate of drug-likeness (QED) is 0.699. The first-order valence-corrected chi connectivity index (χ1v) is 4.12. The molecule has 0 aliphatic rings. The Balaban J connectivity index is 3.04. The fourth-order valence-corrected chi connectivity index (χ4v) is 1.27. The lowest BCUT2D eigenvalue weighted by Crippen LogP contribution is -2.29. The molecule has 1 unspecified atom stereocenters. The first-order valence-electron chi connectivity index (χ1n) is 4.12. The molecule has 2 nitrogen and oxygen atoms in total. The minimum atomic E-state index is -1.23. The minimum Gasteiger partial charge on any atom is -0.549 e. The van der Waals surface area contributed by atoms with Crippen LogP contribution in [0.2, 0.25) is 0 Å². The van der Waals surface area contributed by atoms with Gasteiger partial charge in [0, 0.05) is 11.9 Å². The average Bonchev–Trinajstić information content (AvgIpc) is 2.09. The third-order valence-electron chi connectivity index (χ3n) is 1.97. The first-order chi connectivity index (χ1) is 6.16. The van der Waals surface area contributed by atoms with Crippen molar-refractivity contribution in [2.45, 2.75) is 19.3 Å². The van der Waals surface area contributed by atoms with Crippen molar-refractivity contribution >= 4 is 5.97 Å². The van der Waals surface area contributed by atoms with Crippen molar-refractivity contribution in [2.24, 2.45) is 0 Å². The van der Waals surface area contributed by atoms with Gasteiger partial charge < -0.3 is 9.90 Å². The van der Waals surface area contributed by atoms with Crippen LogP contribution in [0.5, 0.6) is 0 Å². The van der Waals surface area contributed by atoms with Crippen LogP contribution in [0.4, 0.5) is 4.39 Å². The van der Waals surface area contributed by atoms with Gasteiger partial charge in [0.15, 0.2) is 0 Å². The SMILES string of the molecule is CCC(C(=O)[O-])c1ccccc1F. The summed E-state index contributed by atoms with van der Waals surface area (Å²) in [6.07, 6.45) is 0.337. The molecule has 70 valence electrons. The summed E-state index contributed by atoms with van der Waals surface area (Å²) < 4.78 is 13.1. The molecule has 13 heavy (non-hydrogen) atoms. The summed E-state index contributed by atoms with van der Waals surface area (Å²) in [6.45, 7) is 1.69. The molecule has 0 amide bonds. The molecule has 0 spiro atoms. The largest absolute Gasteiger partial charge is 0.549 e. The third-order valence-corrected chi connectivity index (χ3v) is 1.97. The smallest absolute Gasteiger partial charge is 0.127 e. The van der Waals surface area contributed by atoms with E-state index in [0.29, 0.717) is 6.42 Å². The normalized spacial score (nSPS) is 12.5. The van der Waals surface area contributed by atoms with Gasteiger partial charge in [0.05, 0.1) is 0 Å². The number of halogens is 1. The van der Waals surface area contributed by atoms with Crippen molar-refractivity contribution in [1.29, 1.82) is 0 Å². The molecule has 3 heteroatoms. The molecule has 0 aliphatic carbocycles. The Morgan fingerprint density at radius 3 is 2.62 bits per heavy atom. The summed E-state index contributed by atoms with van der Waals surface area (Å²) >= 11 is 0. The van der Waals surface area contributed by atoms with E-state index in [-0.39, 0.29) is 5.56 Å². The first kappa shape index (κ1) is 9.71. The second-order valence-corrected chi connectivity index (χ2v) is 2.80. The molecule has 0 aromatic heterocycles. The summed E-state index contributed by atoms with van der Waals surface area (Å²) in [7, 11) is 0. The van der Waals surface area contributed by atoms with Crippen molar-refractivity contribution in [2.75, 3.05) is 0 Å². The van der Waals surface area contributed by atoms with Crippen molar-refractivity contribution < 1.29 is 14.3 Å². The van der Waals surface area contributed by atoms with Crippen molar-refractivity contribution in [1.82, 2.24) is 0 Å². The molecule has 1 rings (SSSR count). The Morgan fingerprint density at radius 2 is 2.15 bits per heavy atom. The van der Waals surface area contributed by atoms with Gasteiger partial charge in [-0.05, 0) is 18.1 Å². The maximum absolute atomic E-state index is 13.1. The minimum absolute atomic E-state index is 0.199. The van der Waals surface area contributed by atoms with Crippen LogP contribution in [0.15, 0.2) is 24.3 Å². The molecule has 0 saturated heterocycles. The topological polar surface area (TPSA) is 40.1 Å². The number of carboxylic acid groups (broad SMARTS) is 1. The number of carbonyl (C=O) groups is 1. The van der Waals surface area contributed by atoms with E-state index in [4.69, 9.17) is 0 Å². The van der Waals surface area contributed by atoms with Crippen LogP contribution in [0.25, 0.3) is 0 Å². The summed E-state index contributed by atoms with van der Waals surface area (Å²) in [5.74, 6) is -2.56. The van der Waals surface area contributed by atoms with Crippen LogP contribution in [-0.2, 0) is 4.79 Å². The molecule has 1 aromatic rings. The van der Waals surface area contributed by atoms with Gasteiger partial charge in [-0.3, -0.25) is 0 Å². The van der Waals surface area contributed by atoms with Gasteiger partial charge in [-0.2, -0.15) is 0 Å². The van der Waals surface area contributed by atoms with E-state index < -0.39 is 17.7 Å². The molecule has 0 saturated carbocycles. The van der Waals surface area contributed by atoms with E-state index in [0.717, 1.165) is 0 Å². The van der Waals surface area contributed by atoms with E-state index in [2.05, 4.69) is 0 Å². The van der Waals surface area contributed by atoms with Gasteiger partial charge in [-0.15, -0.1) is 0 Å². The zero-order valence-corrected chi connectivity index (χ0v) is 7.29. The average molecular weight is 181 g/mol. The number of hydrogen-bond acceptors (Lipinski definition) is 2. The monoisotopic (exact) mass is 181 g/mol. The maximum Gasteiger partial charge on any atom is 0.127 e. The lowest BCUT2D eigenvalue weighted by atomic mass is 9.96. The maximum atomic E-state index is 13.1. The van der Waals surface area contributed by atoms with E-state index >= 15 is 0 Å². The highest BCUT2D eigenvalue weighted by Gasteiger charge is 2.13. The Morgan fingerprint density at radius 1 is 1.54 bits per heavy atom. The Bertz CT molecular complexity index is 310. The summed E-state index contributed by atoms with van der Waals surface area (Å²) in [5, 5.41) is 10.6. The summed E-state index contributed by atoms with van der Waals surface area (Å²) in [6, 6.07) is 5.87. The molecule has 0 fully saturated rings. The lowest BCUT2D eigenvalue weighted by Gasteiger charge is -2.16. The van der Waals surface area contributed by atoms with Gasteiger partial charge >= 0.3 is 0 Å². The summed E-state index contributed by atoms with van der Waals surface area (Å²) in [4.78, 5) is 10.6. The van der Waals surface area contributed by atoms with Gasteiger partial charge in [-0.1, -0.05) is 25.1 Å². The third kappa shape index (κ3) is 2.05. The Hall–Kier alpha value is -1.38. The second kappa shape index (κ2) is 4.03. The van der Waals surface area contributed by atoms with E-state index in [1.54, 1.807) is 13.0 Å². The van der Waals surface area contributed by atoms with Gasteiger partial charge in [0.1, 0.15) is 5.82 Å². The highest BCUT2D eigenvalue weighted by atomic mass is 19.1. The zero-order chi connectivity index (χ0) is 9.84. The van der Waals surface area contributed by atoms with Crippen LogP contribution in [-0.4, -0.2) is 5.97 Å². The molecular formula is C10H10FO2-. The Labute approximate surface area is 76.0 Å². The fraction of sp³-hybridized carbons (Fsp3) is 0.300. The van der Waals surface area contributed by atoms with Crippen LogP contribution < -0.4 is 5.11 Å². The van der Waals surface area contributed by atoms with Gasteiger partial charge in [0.25, 0.3) is 0 Å². The van der Waals surface area contributed by atoms with Crippen molar-refractivity contribution in [3.8, 4) is 0 Å². The number of hydrogen-bond donors (Lipinski definition) is 0. The standard InChI is InChI=1S/C10H11FO2/c1-2-7(10(12)13)8-5-3-4-6-9(8)11/h3-7H,2H2,1H3,(H,12,13)/p-1. The number of carboxylic acids is 1. The van der Waals surface area contributed by atoms with Crippen LogP contribution in [0, 0.1) is 5.82 Å². The van der Waals surface area contributed by atoms with Crippen molar-refractivity contribution in [3.05, 3.63) is 35.6 Å². The van der Waals surface area contributed by atoms with Gasteiger partial charge in [0.2, 0.25) is 0 Å². The molecule has 1 aromatic carbocycles. The zero-order valence-electron chi connectivity index (χ0n) is 7.29. The predicted octanol–water partition coefficient (Wildman–Crippen LogP) is 1.07. The molecule has 0 bridgehead atoms. The van der Waals surface area contributed by atoms with E-state index in [9.17, 15) is 14.3 Å². The molecule has 0 N–H and O–H groups in total. The van der Waals surface area contributed by atoms with E-state index in [1.807, 2.05) is 0 Å². The highest BCUT2D eigenvalue weighted by Crippen LogP contribution is 2.21. The lowest BCUT2D eigenvalue weighted by molar-refractivity contribution is -0.308. The van der Waals surface area contributed by atoms with E-state index in [1.165, 1.54) is 18.2 Å². The molecule has 0 radical (unpaired) electrons. The van der Waals surface area contributed by atoms with Crippen LogP contribution in [0.3, 0.4) is 0 Å². The fourth-order valence-electron chi connectivity index (χ4n) is 1.27. The second-order valence-electron chi connectivity index (χ2n) is 2.80. The number of carbonyl (C=O) groups excluding carboxylic acids is 1. The Kier molecular flexibility index (Phi) is 3.01. The highest BCUT2D eigenvalue weighted by molar-refractivity contribution is 5.73.